The van der Waals surface area contributed by atoms with Gasteiger partial charge < -0.3 is 14.7 Å². The Balaban J connectivity index is 1.66. The van der Waals surface area contributed by atoms with Gasteiger partial charge in [-0.2, -0.15) is 0 Å². The van der Waals surface area contributed by atoms with E-state index in [4.69, 9.17) is 9.84 Å². The first-order valence-corrected chi connectivity index (χ1v) is 6.92. The molecule has 5 heteroatoms. The Morgan fingerprint density at radius 1 is 1.40 bits per heavy atom. The Bertz CT molecular complexity index is 555. The van der Waals surface area contributed by atoms with Crippen molar-refractivity contribution in [3.63, 3.8) is 0 Å². The Morgan fingerprint density at radius 2 is 2.25 bits per heavy atom. The van der Waals surface area contributed by atoms with Crippen LogP contribution in [0, 0.1) is 0 Å². The van der Waals surface area contributed by atoms with Crippen molar-refractivity contribution >= 4 is 11.9 Å². The molecule has 0 aromatic heterocycles. The highest BCUT2D eigenvalue weighted by Gasteiger charge is 2.35. The van der Waals surface area contributed by atoms with Gasteiger partial charge in [-0.3, -0.25) is 4.79 Å². The van der Waals surface area contributed by atoms with Gasteiger partial charge in [-0.25, -0.2) is 4.79 Å². The molecular formula is C15H17NO4. The van der Waals surface area contributed by atoms with Crippen LogP contribution in [0.25, 0.3) is 0 Å². The van der Waals surface area contributed by atoms with Crippen molar-refractivity contribution in [3.05, 3.63) is 29.3 Å². The highest BCUT2D eigenvalue weighted by Crippen LogP contribution is 2.26. The molecule has 20 heavy (non-hydrogen) atoms. The summed E-state index contributed by atoms with van der Waals surface area (Å²) in [5.74, 6) is -0.0190. The van der Waals surface area contributed by atoms with Crippen LogP contribution in [0.15, 0.2) is 18.2 Å². The molecule has 1 N–H and O–H groups in total. The van der Waals surface area contributed by atoms with E-state index in [9.17, 15) is 9.59 Å². The van der Waals surface area contributed by atoms with Crippen molar-refractivity contribution in [2.45, 2.75) is 31.7 Å². The zero-order chi connectivity index (χ0) is 14.1. The molecule has 3 rings (SSSR count). The van der Waals surface area contributed by atoms with Crippen LogP contribution < -0.4 is 4.74 Å². The highest BCUT2D eigenvalue weighted by atomic mass is 16.5. The highest BCUT2D eigenvalue weighted by molar-refractivity contribution is 5.87. The molecule has 1 fully saturated rings. The second-order valence-corrected chi connectivity index (χ2v) is 5.27. The maximum absolute atomic E-state index is 11.7. The van der Waals surface area contributed by atoms with Crippen LogP contribution in [-0.2, 0) is 22.4 Å². The van der Waals surface area contributed by atoms with E-state index in [1.54, 1.807) is 0 Å². The van der Waals surface area contributed by atoms with E-state index in [1.807, 2.05) is 12.1 Å². The minimum Gasteiger partial charge on any atom is -0.493 e. The van der Waals surface area contributed by atoms with Crippen molar-refractivity contribution in [1.29, 1.82) is 0 Å². The predicted molar refractivity (Wildman–Crippen MR) is 71.7 cm³/mol. The largest absolute Gasteiger partial charge is 0.493 e. The van der Waals surface area contributed by atoms with Gasteiger partial charge in [-0.1, -0.05) is 12.1 Å². The van der Waals surface area contributed by atoms with Crippen LogP contribution in [-0.4, -0.2) is 41.1 Å². The first kappa shape index (κ1) is 13.0. The lowest BCUT2D eigenvalue weighted by Gasteiger charge is -2.21. The molecule has 1 amide bonds. The molecule has 0 bridgehead atoms. The van der Waals surface area contributed by atoms with Gasteiger partial charge in [0.05, 0.1) is 6.61 Å². The van der Waals surface area contributed by atoms with Gasteiger partial charge in [0.25, 0.3) is 0 Å². The van der Waals surface area contributed by atoms with Crippen LogP contribution in [0.2, 0.25) is 0 Å². The maximum atomic E-state index is 11.7. The molecule has 1 aromatic carbocycles. The van der Waals surface area contributed by atoms with Crippen LogP contribution in [0.4, 0.5) is 0 Å². The number of nitrogens with zero attached hydrogens (tertiary/aromatic N) is 1. The number of hydrogen-bond acceptors (Lipinski definition) is 3. The molecule has 2 aliphatic heterocycles. The number of carbonyl (C=O) groups is 2. The number of likely N-dealkylation sites (tertiary alicyclic amines) is 1. The molecule has 106 valence electrons. The molecule has 5 nitrogen and oxygen atoms in total. The number of hydrogen-bond donors (Lipinski definition) is 1. The number of aliphatic carboxylic acids is 1. The molecule has 1 saturated heterocycles. The van der Waals surface area contributed by atoms with Gasteiger partial charge in [0, 0.05) is 19.4 Å². The number of ether oxygens (including phenoxy) is 1. The lowest BCUT2D eigenvalue weighted by Crippen LogP contribution is -2.39. The van der Waals surface area contributed by atoms with Gasteiger partial charge in [-0.05, 0) is 30.0 Å². The van der Waals surface area contributed by atoms with Crippen LogP contribution in [0.1, 0.15) is 24.0 Å². The fourth-order valence-corrected chi connectivity index (χ4v) is 2.92. The zero-order valence-electron chi connectivity index (χ0n) is 11.2. The molecule has 2 aliphatic rings. The van der Waals surface area contributed by atoms with Crippen LogP contribution in [0.5, 0.6) is 5.75 Å². The second kappa shape index (κ2) is 5.15. The van der Waals surface area contributed by atoms with E-state index in [1.165, 1.54) is 10.5 Å². The third kappa shape index (κ3) is 2.35. The van der Waals surface area contributed by atoms with Crippen molar-refractivity contribution < 1.29 is 19.4 Å². The summed E-state index contributed by atoms with van der Waals surface area (Å²) in [7, 11) is 0. The fraction of sp³-hybridized carbons (Fsp3) is 0.467. The Kier molecular flexibility index (Phi) is 3.34. The van der Waals surface area contributed by atoms with E-state index in [0.29, 0.717) is 25.8 Å². The third-order valence-electron chi connectivity index (χ3n) is 4.01. The summed E-state index contributed by atoms with van der Waals surface area (Å²) in [6.07, 6.45) is 2.37. The normalized spacial score (nSPS) is 20.9. The minimum atomic E-state index is -0.904. The number of carboxylic acid groups (broad SMARTS) is 1. The molecule has 1 unspecified atom stereocenters. The van der Waals surface area contributed by atoms with Gasteiger partial charge in [0.1, 0.15) is 11.8 Å². The SMILES string of the molecule is O=C(O)C1CCC(=O)N1CCc1ccc2c(c1)CCO2. The first-order valence-electron chi connectivity index (χ1n) is 6.92. The summed E-state index contributed by atoms with van der Waals surface area (Å²) in [5, 5.41) is 9.12. The summed E-state index contributed by atoms with van der Waals surface area (Å²) < 4.78 is 5.45. The molecule has 2 heterocycles. The van der Waals surface area contributed by atoms with Crippen LogP contribution in [0.3, 0.4) is 0 Å². The van der Waals surface area contributed by atoms with E-state index < -0.39 is 12.0 Å². The van der Waals surface area contributed by atoms with Gasteiger partial charge in [0.15, 0.2) is 0 Å². The Hall–Kier alpha value is -2.04. The molecule has 1 atom stereocenters. The quantitative estimate of drug-likeness (QED) is 0.897. The average molecular weight is 275 g/mol. The molecular weight excluding hydrogens is 258 g/mol. The number of rotatable bonds is 4. The van der Waals surface area contributed by atoms with Gasteiger partial charge >= 0.3 is 5.97 Å². The molecule has 0 aliphatic carbocycles. The smallest absolute Gasteiger partial charge is 0.326 e. The van der Waals surface area contributed by atoms with Gasteiger partial charge in [-0.15, -0.1) is 0 Å². The second-order valence-electron chi connectivity index (χ2n) is 5.27. The van der Waals surface area contributed by atoms with Crippen molar-refractivity contribution in [2.24, 2.45) is 0 Å². The first-order chi connectivity index (χ1) is 9.65. The summed E-state index contributed by atoms with van der Waals surface area (Å²) in [4.78, 5) is 24.3. The summed E-state index contributed by atoms with van der Waals surface area (Å²) >= 11 is 0. The molecule has 0 spiro atoms. The third-order valence-corrected chi connectivity index (χ3v) is 4.01. The molecule has 0 radical (unpaired) electrons. The zero-order valence-corrected chi connectivity index (χ0v) is 11.2. The maximum Gasteiger partial charge on any atom is 0.326 e. The van der Waals surface area contributed by atoms with Gasteiger partial charge in [0.2, 0.25) is 5.91 Å². The van der Waals surface area contributed by atoms with Crippen molar-refractivity contribution in [2.75, 3.05) is 13.2 Å². The van der Waals surface area contributed by atoms with E-state index in [-0.39, 0.29) is 5.91 Å². The van der Waals surface area contributed by atoms with Crippen molar-refractivity contribution in [1.82, 2.24) is 4.90 Å². The Morgan fingerprint density at radius 3 is 3.05 bits per heavy atom. The summed E-state index contributed by atoms with van der Waals surface area (Å²) in [6.45, 7) is 1.19. The monoisotopic (exact) mass is 275 g/mol. The number of amides is 1. The summed E-state index contributed by atoms with van der Waals surface area (Å²) in [6, 6.07) is 5.39. The lowest BCUT2D eigenvalue weighted by molar-refractivity contribution is -0.146. The van der Waals surface area contributed by atoms with E-state index in [0.717, 1.165) is 24.3 Å². The standard InChI is InChI=1S/C15H17NO4/c17-14-4-2-12(15(18)19)16(14)7-5-10-1-3-13-11(9-10)6-8-20-13/h1,3,9,12H,2,4-8H2,(H,18,19). The molecule has 0 saturated carbocycles. The Labute approximate surface area is 117 Å². The van der Waals surface area contributed by atoms with Crippen LogP contribution >= 0.6 is 0 Å². The van der Waals surface area contributed by atoms with Crippen molar-refractivity contribution in [3.8, 4) is 5.75 Å². The fourth-order valence-electron chi connectivity index (χ4n) is 2.92. The lowest BCUT2D eigenvalue weighted by atomic mass is 10.1. The number of benzene rings is 1. The predicted octanol–water partition coefficient (Wildman–Crippen LogP) is 1.24. The number of carboxylic acids is 1. The molecule has 1 aromatic rings. The summed E-state index contributed by atoms with van der Waals surface area (Å²) in [5.41, 5.74) is 2.32. The minimum absolute atomic E-state index is 0.0538. The topological polar surface area (TPSA) is 66.8 Å². The number of carbonyl (C=O) groups excluding carboxylic acids is 1. The van der Waals surface area contributed by atoms with E-state index >= 15 is 0 Å². The average Bonchev–Trinajstić information content (AvgIpc) is 3.02. The number of fused-ring (bicyclic) bond motifs is 1. The van der Waals surface area contributed by atoms with E-state index in [2.05, 4.69) is 6.07 Å².